The van der Waals surface area contributed by atoms with E-state index in [0.717, 1.165) is 12.8 Å². The first-order chi connectivity index (χ1) is 14.7. The molecular formula is C24H48O6. The summed E-state index contributed by atoms with van der Waals surface area (Å²) >= 11 is 0. The van der Waals surface area contributed by atoms with E-state index in [1.165, 1.54) is 77.0 Å². The maximum Gasteiger partial charge on any atom is 0.361 e. The molecule has 1 unspecified atom stereocenters. The number of hydrogen-bond donors (Lipinski definition) is 1. The van der Waals surface area contributed by atoms with Crippen molar-refractivity contribution in [3.8, 4) is 0 Å². The van der Waals surface area contributed by atoms with E-state index in [1.54, 1.807) is 0 Å². The lowest BCUT2D eigenvalue weighted by atomic mass is 10.0. The third-order valence-corrected chi connectivity index (χ3v) is 5.04. The summed E-state index contributed by atoms with van der Waals surface area (Å²) in [6.45, 7) is 6.81. The lowest BCUT2D eigenvalue weighted by Crippen LogP contribution is -2.29. The van der Waals surface area contributed by atoms with Crippen molar-refractivity contribution in [2.75, 3.05) is 39.6 Å². The Hall–Kier alpha value is -0.690. The van der Waals surface area contributed by atoms with E-state index in [9.17, 15) is 4.79 Å². The summed E-state index contributed by atoms with van der Waals surface area (Å²) in [6, 6.07) is 0. The van der Waals surface area contributed by atoms with Gasteiger partial charge in [0.05, 0.1) is 33.0 Å². The second-order valence-corrected chi connectivity index (χ2v) is 7.82. The van der Waals surface area contributed by atoms with Gasteiger partial charge in [-0.25, -0.2) is 4.79 Å². The average molecular weight is 433 g/mol. The van der Waals surface area contributed by atoms with Crippen LogP contribution in [0.2, 0.25) is 0 Å². The molecule has 1 N–H and O–H groups in total. The fourth-order valence-corrected chi connectivity index (χ4v) is 3.26. The van der Waals surface area contributed by atoms with Crippen molar-refractivity contribution in [2.24, 2.45) is 0 Å². The Bertz CT molecular complexity index is 351. The maximum absolute atomic E-state index is 11.2. The molecule has 1 atom stereocenters. The first-order valence-corrected chi connectivity index (χ1v) is 12.3. The van der Waals surface area contributed by atoms with E-state index in [2.05, 4.69) is 6.92 Å². The lowest BCUT2D eigenvalue weighted by molar-refractivity contribution is -0.192. The first-order valence-electron chi connectivity index (χ1n) is 12.3. The standard InChI is InChI=1S/C24H48O6/c1-3-5-6-7-8-9-10-11-12-13-14-15-16-17-18-29-24(23(25)26)30-22-21-28-20-19-27-4-2/h24H,3-22H2,1-2H3,(H,25,26). The van der Waals surface area contributed by atoms with Crippen molar-refractivity contribution in [3.05, 3.63) is 0 Å². The highest BCUT2D eigenvalue weighted by Crippen LogP contribution is 2.13. The Morgan fingerprint density at radius 3 is 1.53 bits per heavy atom. The van der Waals surface area contributed by atoms with E-state index in [0.29, 0.717) is 33.0 Å². The van der Waals surface area contributed by atoms with Crippen molar-refractivity contribution in [1.82, 2.24) is 0 Å². The molecule has 0 saturated carbocycles. The van der Waals surface area contributed by atoms with Crippen LogP contribution >= 0.6 is 0 Å². The highest BCUT2D eigenvalue weighted by Gasteiger charge is 2.18. The summed E-state index contributed by atoms with van der Waals surface area (Å²) in [5.74, 6) is -1.09. The van der Waals surface area contributed by atoms with Crippen LogP contribution in [0.1, 0.15) is 104 Å². The lowest BCUT2D eigenvalue weighted by Gasteiger charge is -2.14. The zero-order chi connectivity index (χ0) is 22.1. The molecule has 0 aliphatic carbocycles. The molecule has 0 aromatic rings. The SMILES string of the molecule is CCCCCCCCCCCCCCCCOC(OCCOCCOCC)C(=O)O. The molecule has 0 heterocycles. The van der Waals surface area contributed by atoms with E-state index in [-0.39, 0.29) is 6.61 Å². The molecule has 0 aromatic heterocycles. The molecule has 0 saturated heterocycles. The van der Waals surface area contributed by atoms with Gasteiger partial charge in [0.2, 0.25) is 0 Å². The Morgan fingerprint density at radius 2 is 1.03 bits per heavy atom. The molecule has 0 aromatic carbocycles. The van der Waals surface area contributed by atoms with Gasteiger partial charge in [0.25, 0.3) is 6.29 Å². The number of ether oxygens (including phenoxy) is 4. The van der Waals surface area contributed by atoms with Crippen LogP contribution < -0.4 is 0 Å². The molecule has 0 spiro atoms. The summed E-state index contributed by atoms with van der Waals surface area (Å²) in [5.41, 5.74) is 0. The first kappa shape index (κ1) is 29.3. The maximum atomic E-state index is 11.2. The third-order valence-electron chi connectivity index (χ3n) is 5.04. The molecule has 6 heteroatoms. The van der Waals surface area contributed by atoms with Gasteiger partial charge in [-0.15, -0.1) is 0 Å². The van der Waals surface area contributed by atoms with Gasteiger partial charge >= 0.3 is 5.97 Å². The molecule has 0 aliphatic heterocycles. The molecule has 0 rings (SSSR count). The summed E-state index contributed by atoms with van der Waals surface area (Å²) in [4.78, 5) is 11.2. The fourth-order valence-electron chi connectivity index (χ4n) is 3.26. The van der Waals surface area contributed by atoms with Crippen LogP contribution in [0.4, 0.5) is 0 Å². The van der Waals surface area contributed by atoms with Crippen LogP contribution in [0.15, 0.2) is 0 Å². The molecule has 0 radical (unpaired) electrons. The minimum Gasteiger partial charge on any atom is -0.477 e. The van der Waals surface area contributed by atoms with Gasteiger partial charge in [0.15, 0.2) is 0 Å². The van der Waals surface area contributed by atoms with Gasteiger partial charge in [0, 0.05) is 6.61 Å². The van der Waals surface area contributed by atoms with E-state index in [1.807, 2.05) is 6.92 Å². The van der Waals surface area contributed by atoms with E-state index < -0.39 is 12.3 Å². The van der Waals surface area contributed by atoms with Crippen LogP contribution in [0.3, 0.4) is 0 Å². The molecule has 0 bridgehead atoms. The number of aliphatic carboxylic acids is 1. The van der Waals surface area contributed by atoms with Crippen molar-refractivity contribution in [3.63, 3.8) is 0 Å². The number of hydrogen-bond acceptors (Lipinski definition) is 5. The molecule has 0 fully saturated rings. The molecule has 0 aliphatic rings. The second kappa shape index (κ2) is 24.6. The van der Waals surface area contributed by atoms with Crippen molar-refractivity contribution in [2.45, 2.75) is 110 Å². The summed E-state index contributed by atoms with van der Waals surface area (Å²) < 4.78 is 21.0. The predicted molar refractivity (Wildman–Crippen MR) is 121 cm³/mol. The summed E-state index contributed by atoms with van der Waals surface area (Å²) in [7, 11) is 0. The van der Waals surface area contributed by atoms with Gasteiger partial charge in [-0.2, -0.15) is 0 Å². The molecule has 6 nitrogen and oxygen atoms in total. The molecule has 30 heavy (non-hydrogen) atoms. The van der Waals surface area contributed by atoms with Crippen LogP contribution in [0, 0.1) is 0 Å². The zero-order valence-electron chi connectivity index (χ0n) is 19.7. The number of rotatable bonds is 25. The van der Waals surface area contributed by atoms with Gasteiger partial charge in [-0.3, -0.25) is 0 Å². The quantitative estimate of drug-likeness (QED) is 0.142. The van der Waals surface area contributed by atoms with Crippen LogP contribution in [-0.4, -0.2) is 57.0 Å². The summed E-state index contributed by atoms with van der Waals surface area (Å²) in [5, 5.41) is 9.15. The van der Waals surface area contributed by atoms with Crippen molar-refractivity contribution >= 4 is 5.97 Å². The Balaban J connectivity index is 3.37. The topological polar surface area (TPSA) is 74.2 Å². The summed E-state index contributed by atoms with van der Waals surface area (Å²) in [6.07, 6.45) is 16.9. The number of carbonyl (C=O) groups is 1. The Kier molecular flexibility index (Phi) is 24.0. The van der Waals surface area contributed by atoms with Gasteiger partial charge in [-0.1, -0.05) is 90.4 Å². The fraction of sp³-hybridized carbons (Fsp3) is 0.958. The number of carboxylic acids is 1. The zero-order valence-corrected chi connectivity index (χ0v) is 19.7. The highest BCUT2D eigenvalue weighted by molar-refractivity contribution is 5.70. The normalized spacial score (nSPS) is 12.3. The monoisotopic (exact) mass is 432 g/mol. The third kappa shape index (κ3) is 22.0. The molecule has 0 amide bonds. The minimum absolute atomic E-state index is 0.196. The largest absolute Gasteiger partial charge is 0.477 e. The van der Waals surface area contributed by atoms with Crippen molar-refractivity contribution in [1.29, 1.82) is 0 Å². The van der Waals surface area contributed by atoms with Gasteiger partial charge in [0.1, 0.15) is 0 Å². The van der Waals surface area contributed by atoms with Crippen molar-refractivity contribution < 1.29 is 28.8 Å². The van der Waals surface area contributed by atoms with Crippen LogP contribution in [0.5, 0.6) is 0 Å². The highest BCUT2D eigenvalue weighted by atomic mass is 16.7. The smallest absolute Gasteiger partial charge is 0.361 e. The van der Waals surface area contributed by atoms with Gasteiger partial charge < -0.3 is 24.1 Å². The Labute approximate surface area is 185 Å². The average Bonchev–Trinajstić information content (AvgIpc) is 2.74. The van der Waals surface area contributed by atoms with Gasteiger partial charge in [-0.05, 0) is 13.3 Å². The van der Waals surface area contributed by atoms with E-state index >= 15 is 0 Å². The van der Waals surface area contributed by atoms with Crippen LogP contribution in [-0.2, 0) is 23.7 Å². The number of unbranched alkanes of at least 4 members (excludes halogenated alkanes) is 13. The van der Waals surface area contributed by atoms with Crippen LogP contribution in [0.25, 0.3) is 0 Å². The molecular weight excluding hydrogens is 384 g/mol. The molecule has 180 valence electrons. The Morgan fingerprint density at radius 1 is 0.600 bits per heavy atom. The minimum atomic E-state index is -1.21. The number of carboxylic acid groups (broad SMARTS) is 1. The predicted octanol–water partition coefficient (Wildman–Crippen LogP) is 5.96. The second-order valence-electron chi connectivity index (χ2n) is 7.82. The van der Waals surface area contributed by atoms with E-state index in [4.69, 9.17) is 24.1 Å².